The largest absolute Gasteiger partial charge is 0.313 e. The Kier molecular flexibility index (Phi) is 5.48. The molecule has 1 nitrogen and oxygen atoms in total. The quantitative estimate of drug-likeness (QED) is 0.745. The third-order valence-electron chi connectivity index (χ3n) is 3.07. The van der Waals surface area contributed by atoms with Crippen LogP contribution in [0.25, 0.3) is 0 Å². The molecule has 1 aliphatic carbocycles. The van der Waals surface area contributed by atoms with Gasteiger partial charge in [-0.05, 0) is 31.7 Å². The van der Waals surface area contributed by atoms with Gasteiger partial charge in [0, 0.05) is 16.5 Å². The van der Waals surface area contributed by atoms with E-state index in [1.54, 1.807) is 0 Å². The second-order valence-electron chi connectivity index (χ2n) is 5.67. The molecular weight excluding hydrogens is 202 g/mol. The van der Waals surface area contributed by atoms with E-state index in [1.165, 1.54) is 38.0 Å². The zero-order chi connectivity index (χ0) is 11.3. The van der Waals surface area contributed by atoms with Crippen LogP contribution in [0.1, 0.15) is 53.4 Å². The fourth-order valence-electron chi connectivity index (χ4n) is 1.87. The summed E-state index contributed by atoms with van der Waals surface area (Å²) in [5.74, 6) is 2.25. The summed E-state index contributed by atoms with van der Waals surface area (Å²) >= 11 is 2.11. The first kappa shape index (κ1) is 13.4. The van der Waals surface area contributed by atoms with Crippen LogP contribution in [0.15, 0.2) is 0 Å². The van der Waals surface area contributed by atoms with Crippen molar-refractivity contribution in [1.29, 1.82) is 0 Å². The molecule has 0 amide bonds. The zero-order valence-electron chi connectivity index (χ0n) is 10.8. The highest BCUT2D eigenvalue weighted by Crippen LogP contribution is 2.33. The molecule has 0 bridgehead atoms. The molecule has 1 aliphatic rings. The van der Waals surface area contributed by atoms with Gasteiger partial charge in [-0.1, -0.05) is 34.1 Å². The Hall–Kier alpha value is 0.310. The molecule has 0 heterocycles. The molecule has 1 unspecified atom stereocenters. The van der Waals surface area contributed by atoms with Crippen molar-refractivity contribution < 1.29 is 0 Å². The lowest BCUT2D eigenvalue weighted by Crippen LogP contribution is -2.42. The Bertz CT molecular complexity index is 170. The van der Waals surface area contributed by atoms with Gasteiger partial charge < -0.3 is 5.32 Å². The van der Waals surface area contributed by atoms with Gasteiger partial charge in [0.1, 0.15) is 0 Å². The fourth-order valence-corrected chi connectivity index (χ4v) is 2.94. The van der Waals surface area contributed by atoms with Crippen molar-refractivity contribution in [2.24, 2.45) is 5.92 Å². The van der Waals surface area contributed by atoms with E-state index in [-0.39, 0.29) is 0 Å². The number of hydrogen-bond donors (Lipinski definition) is 1. The average molecular weight is 229 g/mol. The van der Waals surface area contributed by atoms with Crippen molar-refractivity contribution in [3.8, 4) is 0 Å². The van der Waals surface area contributed by atoms with E-state index in [4.69, 9.17) is 0 Å². The topological polar surface area (TPSA) is 12.0 Å². The first-order valence-electron chi connectivity index (χ1n) is 6.40. The maximum absolute atomic E-state index is 3.72. The molecule has 0 aliphatic heterocycles. The summed E-state index contributed by atoms with van der Waals surface area (Å²) in [7, 11) is 0. The van der Waals surface area contributed by atoms with Gasteiger partial charge >= 0.3 is 0 Å². The van der Waals surface area contributed by atoms with Crippen molar-refractivity contribution in [3.05, 3.63) is 0 Å². The van der Waals surface area contributed by atoms with Crippen molar-refractivity contribution in [1.82, 2.24) is 5.32 Å². The predicted octanol–water partition coefficient (Wildman–Crippen LogP) is 3.69. The average Bonchev–Trinajstić information content (AvgIpc) is 2.05. The minimum absolute atomic E-state index is 0.413. The second-order valence-corrected chi connectivity index (χ2v) is 7.52. The van der Waals surface area contributed by atoms with E-state index in [9.17, 15) is 0 Å². The minimum Gasteiger partial charge on any atom is -0.313 e. The van der Waals surface area contributed by atoms with E-state index in [2.05, 4.69) is 44.8 Å². The lowest BCUT2D eigenvalue weighted by molar-refractivity contribution is 0.244. The van der Waals surface area contributed by atoms with E-state index in [0.717, 1.165) is 12.0 Å². The lowest BCUT2D eigenvalue weighted by atomic mass is 9.80. The van der Waals surface area contributed by atoms with Crippen LogP contribution in [0, 0.1) is 5.92 Å². The number of thioether (sulfide) groups is 1. The van der Waals surface area contributed by atoms with Crippen molar-refractivity contribution in [2.45, 2.75) is 64.2 Å². The van der Waals surface area contributed by atoms with Gasteiger partial charge in [-0.3, -0.25) is 0 Å². The van der Waals surface area contributed by atoms with Crippen molar-refractivity contribution in [3.63, 3.8) is 0 Å². The summed E-state index contributed by atoms with van der Waals surface area (Å²) in [6.07, 6.45) is 5.61. The van der Waals surface area contributed by atoms with Gasteiger partial charge in [-0.2, -0.15) is 11.8 Å². The van der Waals surface area contributed by atoms with Crippen LogP contribution < -0.4 is 5.32 Å². The van der Waals surface area contributed by atoms with E-state index in [1.807, 2.05) is 0 Å². The molecule has 0 spiro atoms. The van der Waals surface area contributed by atoms with Gasteiger partial charge in [0.15, 0.2) is 0 Å². The minimum atomic E-state index is 0.413. The Labute approximate surface area is 99.8 Å². The Morgan fingerprint density at radius 3 is 2.40 bits per heavy atom. The van der Waals surface area contributed by atoms with E-state index < -0.39 is 0 Å². The number of nitrogens with one attached hydrogen (secondary N) is 1. The first-order valence-corrected chi connectivity index (χ1v) is 7.39. The molecule has 0 radical (unpaired) electrons. The summed E-state index contributed by atoms with van der Waals surface area (Å²) in [6, 6.07) is 0.767. The Morgan fingerprint density at radius 1 is 1.33 bits per heavy atom. The van der Waals surface area contributed by atoms with Gasteiger partial charge in [-0.15, -0.1) is 0 Å². The number of hydrogen-bond acceptors (Lipinski definition) is 2. The molecule has 15 heavy (non-hydrogen) atoms. The second kappa shape index (κ2) is 6.15. The molecule has 0 saturated heterocycles. The molecule has 0 aromatic heterocycles. The molecule has 1 fully saturated rings. The maximum Gasteiger partial charge on any atom is 0.0186 e. The normalized spacial score (nSPS) is 20.0. The van der Waals surface area contributed by atoms with Gasteiger partial charge in [0.25, 0.3) is 0 Å². The highest BCUT2D eigenvalue weighted by atomic mass is 32.2. The van der Waals surface area contributed by atoms with Crippen molar-refractivity contribution >= 4 is 11.8 Å². The molecule has 2 heteroatoms. The van der Waals surface area contributed by atoms with Crippen LogP contribution in [-0.4, -0.2) is 23.1 Å². The SMILES string of the molecule is CCCNC(CSC(C)(C)C)C1CCC1. The molecule has 1 rings (SSSR count). The highest BCUT2D eigenvalue weighted by molar-refractivity contribution is 8.00. The zero-order valence-corrected chi connectivity index (χ0v) is 11.6. The van der Waals surface area contributed by atoms with Gasteiger partial charge in [0.2, 0.25) is 0 Å². The van der Waals surface area contributed by atoms with Gasteiger partial charge in [0.05, 0.1) is 0 Å². The van der Waals surface area contributed by atoms with Crippen molar-refractivity contribution in [2.75, 3.05) is 12.3 Å². The van der Waals surface area contributed by atoms with Crippen LogP contribution in [0.4, 0.5) is 0 Å². The molecule has 1 saturated carbocycles. The van der Waals surface area contributed by atoms with Crippen LogP contribution in [-0.2, 0) is 0 Å². The Balaban J connectivity index is 2.28. The fraction of sp³-hybridized carbons (Fsp3) is 1.00. The maximum atomic E-state index is 3.72. The third-order valence-corrected chi connectivity index (χ3v) is 4.46. The summed E-state index contributed by atoms with van der Waals surface area (Å²) in [5, 5.41) is 3.72. The smallest absolute Gasteiger partial charge is 0.0186 e. The van der Waals surface area contributed by atoms with Crippen LogP contribution in [0.2, 0.25) is 0 Å². The number of rotatable bonds is 6. The molecule has 90 valence electrons. The van der Waals surface area contributed by atoms with Crippen LogP contribution >= 0.6 is 11.8 Å². The standard InChI is InChI=1S/C13H27NS/c1-5-9-14-12(11-7-6-8-11)10-15-13(2,3)4/h11-12,14H,5-10H2,1-4H3. The third kappa shape index (κ3) is 5.26. The molecule has 0 aromatic rings. The molecule has 1 N–H and O–H groups in total. The summed E-state index contributed by atoms with van der Waals surface area (Å²) in [4.78, 5) is 0. The summed E-state index contributed by atoms with van der Waals surface area (Å²) in [6.45, 7) is 10.4. The predicted molar refractivity (Wildman–Crippen MR) is 71.6 cm³/mol. The first-order chi connectivity index (χ1) is 7.03. The molecule has 0 aromatic carbocycles. The van der Waals surface area contributed by atoms with E-state index >= 15 is 0 Å². The molecule has 1 atom stereocenters. The summed E-state index contributed by atoms with van der Waals surface area (Å²) < 4.78 is 0.413. The molecular formula is C13H27NS. The van der Waals surface area contributed by atoms with Crippen LogP contribution in [0.5, 0.6) is 0 Å². The highest BCUT2D eigenvalue weighted by Gasteiger charge is 2.27. The van der Waals surface area contributed by atoms with Crippen LogP contribution in [0.3, 0.4) is 0 Å². The lowest BCUT2D eigenvalue weighted by Gasteiger charge is -2.35. The van der Waals surface area contributed by atoms with Gasteiger partial charge in [-0.25, -0.2) is 0 Å². The Morgan fingerprint density at radius 2 is 2.00 bits per heavy atom. The monoisotopic (exact) mass is 229 g/mol. The summed E-state index contributed by atoms with van der Waals surface area (Å²) in [5.41, 5.74) is 0. The van der Waals surface area contributed by atoms with E-state index in [0.29, 0.717) is 4.75 Å².